The van der Waals surface area contributed by atoms with Crippen LogP contribution in [0.4, 0.5) is 5.69 Å². The molecule has 0 saturated carbocycles. The van der Waals surface area contributed by atoms with Crippen LogP contribution in [0.5, 0.6) is 5.75 Å². The van der Waals surface area contributed by atoms with Crippen LogP contribution in [-0.4, -0.2) is 28.2 Å². The van der Waals surface area contributed by atoms with Crippen LogP contribution < -0.4 is 15.3 Å². The number of ether oxygens (including phenoxy) is 1. The smallest absolute Gasteiger partial charge is 0.328 e. The van der Waals surface area contributed by atoms with Crippen LogP contribution in [0.3, 0.4) is 0 Å². The van der Waals surface area contributed by atoms with Crippen LogP contribution in [0.25, 0.3) is 0 Å². The molecule has 0 bridgehead atoms. The molecule has 1 aromatic carbocycles. The summed E-state index contributed by atoms with van der Waals surface area (Å²) in [6.07, 6.45) is 3.69. The molecular weight excluding hydrogens is 318 g/mol. The molecule has 1 amide bonds. The zero-order valence-electron chi connectivity index (χ0n) is 14.7. The molecule has 2 aliphatic rings. The van der Waals surface area contributed by atoms with E-state index in [1.54, 1.807) is 16.5 Å². The van der Waals surface area contributed by atoms with Crippen molar-refractivity contribution < 1.29 is 9.53 Å². The van der Waals surface area contributed by atoms with Gasteiger partial charge in [0.1, 0.15) is 18.1 Å². The van der Waals surface area contributed by atoms with Gasteiger partial charge in [0, 0.05) is 13.6 Å². The molecule has 0 radical (unpaired) electrons. The van der Waals surface area contributed by atoms with Gasteiger partial charge in [-0.1, -0.05) is 13.0 Å². The largest absolute Gasteiger partial charge is 0.490 e. The van der Waals surface area contributed by atoms with Crippen molar-refractivity contribution in [2.75, 3.05) is 18.1 Å². The van der Waals surface area contributed by atoms with Crippen molar-refractivity contribution in [1.29, 1.82) is 0 Å². The molecule has 6 nitrogen and oxygen atoms in total. The zero-order valence-corrected chi connectivity index (χ0v) is 14.7. The lowest BCUT2D eigenvalue weighted by Crippen LogP contribution is -2.39. The third-order valence-electron chi connectivity index (χ3n) is 5.24. The second kappa shape index (κ2) is 6.10. The second-order valence-electron chi connectivity index (χ2n) is 6.71. The van der Waals surface area contributed by atoms with Gasteiger partial charge in [-0.25, -0.2) is 4.79 Å². The predicted molar refractivity (Wildman–Crippen MR) is 95.6 cm³/mol. The SMILES string of the molecule is CCc1ccc2c(c1)N(C(=O)c1c3n(c(=O)n1C)CCCC3)CCO2. The first-order valence-electron chi connectivity index (χ1n) is 8.97. The lowest BCUT2D eigenvalue weighted by atomic mass is 10.1. The molecule has 6 heteroatoms. The van der Waals surface area contributed by atoms with Gasteiger partial charge in [0.15, 0.2) is 0 Å². The minimum atomic E-state index is -0.104. The highest BCUT2D eigenvalue weighted by Crippen LogP contribution is 2.34. The fraction of sp³-hybridized carbons (Fsp3) is 0.474. The Kier molecular flexibility index (Phi) is 3.90. The molecule has 0 fully saturated rings. The highest BCUT2D eigenvalue weighted by molar-refractivity contribution is 6.07. The van der Waals surface area contributed by atoms with Gasteiger partial charge in [-0.15, -0.1) is 0 Å². The van der Waals surface area contributed by atoms with Crippen LogP contribution in [0.2, 0.25) is 0 Å². The number of aromatic nitrogens is 2. The topological polar surface area (TPSA) is 56.5 Å². The molecule has 0 saturated heterocycles. The average Bonchev–Trinajstić information content (AvgIpc) is 2.91. The summed E-state index contributed by atoms with van der Waals surface area (Å²) in [5.41, 5.74) is 3.28. The first kappa shape index (κ1) is 16.0. The molecular formula is C19H23N3O3. The average molecular weight is 341 g/mol. The van der Waals surface area contributed by atoms with E-state index in [4.69, 9.17) is 4.74 Å². The minimum absolute atomic E-state index is 0.0890. The Balaban J connectivity index is 1.80. The number of nitrogens with zero attached hydrogens (tertiary/aromatic N) is 3. The molecule has 0 aliphatic carbocycles. The van der Waals surface area contributed by atoms with Crippen molar-refractivity contribution in [1.82, 2.24) is 9.13 Å². The predicted octanol–water partition coefficient (Wildman–Crippen LogP) is 2.12. The van der Waals surface area contributed by atoms with Crippen LogP contribution >= 0.6 is 0 Å². The number of carbonyl (C=O) groups is 1. The van der Waals surface area contributed by atoms with E-state index in [-0.39, 0.29) is 11.6 Å². The van der Waals surface area contributed by atoms with Gasteiger partial charge in [0.2, 0.25) is 0 Å². The third-order valence-corrected chi connectivity index (χ3v) is 5.24. The molecule has 1 aromatic heterocycles. The van der Waals surface area contributed by atoms with Crippen LogP contribution in [-0.2, 0) is 26.4 Å². The first-order valence-corrected chi connectivity index (χ1v) is 8.97. The Bertz CT molecular complexity index is 894. The van der Waals surface area contributed by atoms with Crippen molar-refractivity contribution in [3.05, 3.63) is 45.6 Å². The van der Waals surface area contributed by atoms with Gasteiger partial charge < -0.3 is 9.64 Å². The maximum absolute atomic E-state index is 13.4. The molecule has 2 aromatic rings. The summed E-state index contributed by atoms with van der Waals surface area (Å²) in [5, 5.41) is 0. The summed E-state index contributed by atoms with van der Waals surface area (Å²) < 4.78 is 9.00. The van der Waals surface area contributed by atoms with Gasteiger partial charge in [-0.2, -0.15) is 0 Å². The van der Waals surface area contributed by atoms with Crippen LogP contribution in [0.15, 0.2) is 23.0 Å². The van der Waals surface area contributed by atoms with Gasteiger partial charge in [0.25, 0.3) is 5.91 Å². The van der Waals surface area contributed by atoms with E-state index in [2.05, 4.69) is 6.92 Å². The van der Waals surface area contributed by atoms with Gasteiger partial charge >= 0.3 is 5.69 Å². The minimum Gasteiger partial charge on any atom is -0.490 e. The number of hydrogen-bond donors (Lipinski definition) is 0. The van der Waals surface area contributed by atoms with Crippen LogP contribution in [0.1, 0.15) is 41.5 Å². The first-order chi connectivity index (χ1) is 12.1. The standard InChI is InChI=1S/C19H23N3O3/c1-3-13-7-8-16-15(12-13)21(10-11-25-16)18(23)17-14-6-4-5-9-22(14)19(24)20(17)2/h7-8,12H,3-6,9-11H2,1-2H3. The molecule has 0 unspecified atom stereocenters. The molecule has 0 atom stereocenters. The van der Waals surface area contributed by atoms with Crippen molar-refractivity contribution in [2.24, 2.45) is 7.05 Å². The van der Waals surface area contributed by atoms with Crippen molar-refractivity contribution in [3.63, 3.8) is 0 Å². The van der Waals surface area contributed by atoms with Gasteiger partial charge in [-0.3, -0.25) is 13.9 Å². The van der Waals surface area contributed by atoms with Crippen molar-refractivity contribution >= 4 is 11.6 Å². The number of fused-ring (bicyclic) bond motifs is 2. The number of benzene rings is 1. The Morgan fingerprint density at radius 3 is 2.88 bits per heavy atom. The maximum Gasteiger partial charge on any atom is 0.328 e. The number of anilines is 1. The van der Waals surface area contributed by atoms with E-state index >= 15 is 0 Å². The monoisotopic (exact) mass is 341 g/mol. The maximum atomic E-state index is 13.4. The fourth-order valence-corrected chi connectivity index (χ4v) is 3.85. The van der Waals surface area contributed by atoms with E-state index < -0.39 is 0 Å². The zero-order chi connectivity index (χ0) is 17.6. The molecule has 4 rings (SSSR count). The number of amides is 1. The lowest BCUT2D eigenvalue weighted by molar-refractivity contribution is 0.0967. The van der Waals surface area contributed by atoms with Gasteiger partial charge in [-0.05, 0) is 43.4 Å². The summed E-state index contributed by atoms with van der Waals surface area (Å²) >= 11 is 0. The summed E-state index contributed by atoms with van der Waals surface area (Å²) in [4.78, 5) is 27.6. The Labute approximate surface area is 146 Å². The molecule has 0 spiro atoms. The molecule has 25 heavy (non-hydrogen) atoms. The van der Waals surface area contributed by atoms with Crippen molar-refractivity contribution in [2.45, 2.75) is 39.2 Å². The van der Waals surface area contributed by atoms with E-state index in [0.717, 1.165) is 48.4 Å². The Morgan fingerprint density at radius 1 is 1.24 bits per heavy atom. The number of imidazole rings is 1. The summed E-state index contributed by atoms with van der Waals surface area (Å²) in [6, 6.07) is 5.98. The Hall–Kier alpha value is -2.50. The highest BCUT2D eigenvalue weighted by Gasteiger charge is 2.31. The van der Waals surface area contributed by atoms with E-state index in [0.29, 0.717) is 25.4 Å². The number of carbonyl (C=O) groups excluding carboxylic acids is 1. The summed E-state index contributed by atoms with van der Waals surface area (Å²) in [7, 11) is 1.70. The van der Waals surface area contributed by atoms with Gasteiger partial charge in [0.05, 0.1) is 17.9 Å². The number of rotatable bonds is 2. The van der Waals surface area contributed by atoms with E-state index in [1.807, 2.05) is 18.2 Å². The fourth-order valence-electron chi connectivity index (χ4n) is 3.85. The highest BCUT2D eigenvalue weighted by atomic mass is 16.5. The summed E-state index contributed by atoms with van der Waals surface area (Å²) in [5.74, 6) is 0.628. The third kappa shape index (κ3) is 2.47. The number of aryl methyl sites for hydroxylation is 1. The summed E-state index contributed by atoms with van der Waals surface area (Å²) in [6.45, 7) is 3.76. The van der Waals surface area contributed by atoms with Crippen molar-refractivity contribution in [3.8, 4) is 5.75 Å². The molecule has 132 valence electrons. The normalized spacial score (nSPS) is 16.2. The quantitative estimate of drug-likeness (QED) is 0.841. The molecule has 2 aliphatic heterocycles. The van der Waals surface area contributed by atoms with Crippen LogP contribution in [0, 0.1) is 0 Å². The Morgan fingerprint density at radius 2 is 2.08 bits per heavy atom. The molecule has 0 N–H and O–H groups in total. The molecule has 3 heterocycles. The second-order valence-corrected chi connectivity index (χ2v) is 6.71. The van der Waals surface area contributed by atoms with E-state index in [9.17, 15) is 9.59 Å². The number of hydrogen-bond acceptors (Lipinski definition) is 3. The van der Waals surface area contributed by atoms with E-state index in [1.165, 1.54) is 4.57 Å². The lowest BCUT2D eigenvalue weighted by Gasteiger charge is -2.30.